The molecule has 0 fully saturated rings. The van der Waals surface area contributed by atoms with Crippen LogP contribution in [0.4, 0.5) is 5.69 Å². The van der Waals surface area contributed by atoms with Gasteiger partial charge >= 0.3 is 0 Å². The summed E-state index contributed by atoms with van der Waals surface area (Å²) in [5.41, 5.74) is 1.72. The Bertz CT molecular complexity index is 1030. The van der Waals surface area contributed by atoms with Crippen LogP contribution in [0.1, 0.15) is 25.6 Å². The third-order valence-corrected chi connectivity index (χ3v) is 5.22. The van der Waals surface area contributed by atoms with Crippen LogP contribution in [0.3, 0.4) is 0 Å². The minimum Gasteiger partial charge on any atom is -0.496 e. The van der Waals surface area contributed by atoms with E-state index in [2.05, 4.69) is 10.6 Å². The Kier molecular flexibility index (Phi) is 6.92. The molecule has 1 aromatic heterocycles. The fourth-order valence-electron chi connectivity index (χ4n) is 2.85. The molecular formula is C22H22N2O5S. The van der Waals surface area contributed by atoms with Crippen molar-refractivity contribution in [3.05, 3.63) is 69.9 Å². The number of amides is 2. The maximum Gasteiger partial charge on any atom is 0.265 e. The quantitative estimate of drug-likeness (QED) is 0.570. The third-order valence-electron chi connectivity index (χ3n) is 4.35. The molecule has 0 spiro atoms. The van der Waals surface area contributed by atoms with Gasteiger partial charge in [-0.05, 0) is 35.7 Å². The summed E-state index contributed by atoms with van der Waals surface area (Å²) in [5, 5.41) is 7.50. The first-order valence-corrected chi connectivity index (χ1v) is 9.95. The minimum atomic E-state index is -0.279. The van der Waals surface area contributed by atoms with E-state index in [4.69, 9.17) is 14.2 Å². The first-order valence-electron chi connectivity index (χ1n) is 9.07. The second-order valence-electron chi connectivity index (χ2n) is 6.21. The summed E-state index contributed by atoms with van der Waals surface area (Å²) in [6.45, 7) is 0.230. The fraction of sp³-hybridized carbons (Fsp3) is 0.182. The van der Waals surface area contributed by atoms with Crippen molar-refractivity contribution in [2.75, 3.05) is 26.6 Å². The van der Waals surface area contributed by atoms with Crippen LogP contribution in [0.5, 0.6) is 17.2 Å². The van der Waals surface area contributed by atoms with Crippen molar-refractivity contribution in [3.8, 4) is 17.2 Å². The van der Waals surface area contributed by atoms with E-state index in [1.165, 1.54) is 11.3 Å². The molecule has 7 nitrogen and oxygen atoms in total. The van der Waals surface area contributed by atoms with Gasteiger partial charge in [-0.15, -0.1) is 11.3 Å². The van der Waals surface area contributed by atoms with E-state index < -0.39 is 0 Å². The van der Waals surface area contributed by atoms with Gasteiger partial charge in [-0.1, -0.05) is 12.1 Å². The first kappa shape index (κ1) is 21.2. The number of methoxy groups -OCH3 is 3. The van der Waals surface area contributed by atoms with Crippen LogP contribution in [0, 0.1) is 0 Å². The highest BCUT2D eigenvalue weighted by Gasteiger charge is 2.14. The molecule has 0 saturated heterocycles. The minimum absolute atomic E-state index is 0.211. The van der Waals surface area contributed by atoms with Crippen molar-refractivity contribution in [1.29, 1.82) is 0 Å². The number of carbonyl (C=O) groups excluding carboxylic acids is 2. The van der Waals surface area contributed by atoms with Crippen molar-refractivity contribution in [2.24, 2.45) is 0 Å². The van der Waals surface area contributed by atoms with Crippen LogP contribution in [-0.4, -0.2) is 33.1 Å². The van der Waals surface area contributed by atoms with Gasteiger partial charge in [0.1, 0.15) is 5.75 Å². The SMILES string of the molecule is COc1cc(OC)c(OC)cc1CNC(=O)c1cccc(NC(=O)c2cccs2)c1. The molecule has 0 aliphatic rings. The molecule has 2 N–H and O–H groups in total. The van der Waals surface area contributed by atoms with Crippen LogP contribution in [-0.2, 0) is 6.54 Å². The molecule has 3 aromatic rings. The largest absolute Gasteiger partial charge is 0.496 e. The van der Waals surface area contributed by atoms with Gasteiger partial charge in [-0.25, -0.2) is 0 Å². The van der Waals surface area contributed by atoms with E-state index in [9.17, 15) is 9.59 Å². The average Bonchev–Trinajstić information content (AvgIpc) is 3.32. The van der Waals surface area contributed by atoms with E-state index >= 15 is 0 Å². The third kappa shape index (κ3) is 4.90. The maximum absolute atomic E-state index is 12.6. The van der Waals surface area contributed by atoms with Gasteiger partial charge in [0.15, 0.2) is 11.5 Å². The fourth-order valence-corrected chi connectivity index (χ4v) is 3.47. The van der Waals surface area contributed by atoms with Gasteiger partial charge in [0.2, 0.25) is 0 Å². The summed E-state index contributed by atoms with van der Waals surface area (Å²) in [6.07, 6.45) is 0. The number of hydrogen-bond donors (Lipinski definition) is 2. The number of nitrogens with one attached hydrogen (secondary N) is 2. The van der Waals surface area contributed by atoms with Gasteiger partial charge in [0, 0.05) is 29.4 Å². The smallest absolute Gasteiger partial charge is 0.265 e. The lowest BCUT2D eigenvalue weighted by Gasteiger charge is -2.15. The monoisotopic (exact) mass is 426 g/mol. The highest BCUT2D eigenvalue weighted by Crippen LogP contribution is 2.34. The summed E-state index contributed by atoms with van der Waals surface area (Å²) in [4.78, 5) is 25.5. The van der Waals surface area contributed by atoms with Crippen LogP contribution in [0.25, 0.3) is 0 Å². The van der Waals surface area contributed by atoms with Crippen molar-refractivity contribution >= 4 is 28.8 Å². The lowest BCUT2D eigenvalue weighted by Crippen LogP contribution is -2.23. The Hall–Kier alpha value is -3.52. The summed E-state index contributed by atoms with van der Waals surface area (Å²) in [5.74, 6) is 1.17. The Morgan fingerprint density at radius 3 is 2.27 bits per heavy atom. The highest BCUT2D eigenvalue weighted by molar-refractivity contribution is 7.12. The number of anilines is 1. The molecule has 0 saturated carbocycles. The second-order valence-corrected chi connectivity index (χ2v) is 7.16. The summed E-state index contributed by atoms with van der Waals surface area (Å²) >= 11 is 1.35. The molecule has 2 aromatic carbocycles. The number of thiophene rings is 1. The Balaban J connectivity index is 1.70. The lowest BCUT2D eigenvalue weighted by molar-refractivity contribution is 0.0949. The molecule has 1 heterocycles. The van der Waals surface area contributed by atoms with Crippen molar-refractivity contribution in [1.82, 2.24) is 5.32 Å². The normalized spacial score (nSPS) is 10.2. The zero-order valence-corrected chi connectivity index (χ0v) is 17.7. The van der Waals surface area contributed by atoms with Crippen molar-refractivity contribution in [3.63, 3.8) is 0 Å². The molecule has 156 valence electrons. The zero-order valence-electron chi connectivity index (χ0n) is 16.9. The van der Waals surface area contributed by atoms with E-state index in [1.54, 1.807) is 63.8 Å². The molecule has 8 heteroatoms. The molecule has 0 atom stereocenters. The number of ether oxygens (including phenoxy) is 3. The first-order chi connectivity index (χ1) is 14.5. The molecule has 0 aliphatic carbocycles. The summed E-state index contributed by atoms with van der Waals surface area (Å²) in [7, 11) is 4.64. The molecular weight excluding hydrogens is 404 g/mol. The standard InChI is InChI=1S/C22H22N2O5S/c1-27-17-12-19(29-3)18(28-2)11-15(17)13-23-21(25)14-6-4-7-16(10-14)24-22(26)20-8-5-9-30-20/h4-12H,13H2,1-3H3,(H,23,25)(H,24,26). The van der Waals surface area contributed by atoms with Crippen molar-refractivity contribution in [2.45, 2.75) is 6.54 Å². The highest BCUT2D eigenvalue weighted by atomic mass is 32.1. The Morgan fingerprint density at radius 1 is 0.867 bits per heavy atom. The number of rotatable bonds is 8. The van der Waals surface area contributed by atoms with Gasteiger partial charge in [0.25, 0.3) is 11.8 Å². The predicted molar refractivity (Wildman–Crippen MR) is 116 cm³/mol. The van der Waals surface area contributed by atoms with E-state index in [0.717, 1.165) is 5.56 Å². The number of benzene rings is 2. The van der Waals surface area contributed by atoms with Crippen LogP contribution >= 0.6 is 11.3 Å². The topological polar surface area (TPSA) is 85.9 Å². The van der Waals surface area contributed by atoms with Crippen LogP contribution in [0.15, 0.2) is 53.9 Å². The molecule has 0 aliphatic heterocycles. The average molecular weight is 426 g/mol. The summed E-state index contributed by atoms with van der Waals surface area (Å²) < 4.78 is 16.0. The Morgan fingerprint density at radius 2 is 1.60 bits per heavy atom. The lowest BCUT2D eigenvalue weighted by atomic mass is 10.1. The van der Waals surface area contributed by atoms with E-state index in [-0.39, 0.29) is 18.4 Å². The molecule has 0 unspecified atom stereocenters. The number of hydrogen-bond acceptors (Lipinski definition) is 6. The van der Waals surface area contributed by atoms with Gasteiger partial charge in [-0.3, -0.25) is 9.59 Å². The van der Waals surface area contributed by atoms with E-state index in [0.29, 0.717) is 33.4 Å². The molecule has 30 heavy (non-hydrogen) atoms. The maximum atomic E-state index is 12.6. The van der Waals surface area contributed by atoms with Gasteiger partial charge < -0.3 is 24.8 Å². The van der Waals surface area contributed by atoms with E-state index in [1.807, 2.05) is 11.4 Å². The predicted octanol–water partition coefficient (Wildman–Crippen LogP) is 3.96. The molecule has 2 amide bonds. The van der Waals surface area contributed by atoms with Crippen molar-refractivity contribution < 1.29 is 23.8 Å². The second kappa shape index (κ2) is 9.80. The van der Waals surface area contributed by atoms with Crippen LogP contribution in [0.2, 0.25) is 0 Å². The molecule has 0 bridgehead atoms. The molecule has 0 radical (unpaired) electrons. The molecule has 3 rings (SSSR count). The van der Waals surface area contributed by atoms with Crippen LogP contribution < -0.4 is 24.8 Å². The number of carbonyl (C=O) groups is 2. The summed E-state index contributed by atoms with van der Waals surface area (Å²) in [6, 6.07) is 13.8. The zero-order chi connectivity index (χ0) is 21.5. The Labute approximate surface area is 178 Å². The van der Waals surface area contributed by atoms with Gasteiger partial charge in [0.05, 0.1) is 26.2 Å². The van der Waals surface area contributed by atoms with Gasteiger partial charge in [-0.2, -0.15) is 0 Å².